The molecule has 0 fully saturated rings. The Bertz CT molecular complexity index is 781. The van der Waals surface area contributed by atoms with Crippen molar-refractivity contribution in [3.63, 3.8) is 0 Å². The van der Waals surface area contributed by atoms with Gasteiger partial charge in [-0.2, -0.15) is 0 Å². The van der Waals surface area contributed by atoms with Crippen LogP contribution in [0.2, 0.25) is 0 Å². The van der Waals surface area contributed by atoms with Crippen LogP contribution in [0, 0.1) is 10.8 Å². The van der Waals surface area contributed by atoms with Crippen molar-refractivity contribution in [2.45, 2.75) is 24.3 Å². The van der Waals surface area contributed by atoms with Gasteiger partial charge in [-0.1, -0.05) is 6.08 Å². The van der Waals surface area contributed by atoms with Gasteiger partial charge in [-0.05, 0) is 31.2 Å². The molecule has 8 heteroatoms. The summed E-state index contributed by atoms with van der Waals surface area (Å²) in [4.78, 5) is 12.7. The molecule has 0 bridgehead atoms. The zero-order valence-corrected chi connectivity index (χ0v) is 14.8. The molecule has 1 unspecified atom stereocenters. The number of carbonyl (C=O) groups is 1. The first-order valence-corrected chi connectivity index (χ1v) is 8.19. The Hall–Kier alpha value is -2.58. The molecule has 1 heterocycles. The molecule has 0 aliphatic carbocycles. The normalized spacial score (nSPS) is 14.7. The molecule has 8 N–H and O–H groups in total. The molecule has 2 rings (SSSR count). The predicted octanol–water partition coefficient (Wildman–Crippen LogP) is 1.17. The summed E-state index contributed by atoms with van der Waals surface area (Å²) in [6.07, 6.45) is 3.44. The van der Waals surface area contributed by atoms with E-state index in [1.54, 1.807) is 31.2 Å². The third-order valence-corrected chi connectivity index (χ3v) is 3.96. The molecule has 1 aromatic rings. The summed E-state index contributed by atoms with van der Waals surface area (Å²) in [5.74, 6) is 0.149. The molecule has 1 amide bonds. The van der Waals surface area contributed by atoms with Crippen LogP contribution in [0.1, 0.15) is 18.9 Å². The Labute approximate surface area is 152 Å². The highest BCUT2D eigenvalue weighted by molar-refractivity contribution is 7.80. The van der Waals surface area contributed by atoms with Crippen LogP contribution in [0.4, 0.5) is 5.69 Å². The number of hydrogen-bond donors (Lipinski definition) is 7. The molecular formula is C17H22N6OS. The van der Waals surface area contributed by atoms with E-state index in [4.69, 9.17) is 22.3 Å². The van der Waals surface area contributed by atoms with E-state index in [-0.39, 0.29) is 23.8 Å². The summed E-state index contributed by atoms with van der Waals surface area (Å²) in [6.45, 7) is 2.13. The highest BCUT2D eigenvalue weighted by atomic mass is 32.1. The van der Waals surface area contributed by atoms with E-state index in [0.717, 1.165) is 4.90 Å². The SMILES string of the molecule is CC(N)C(=N)CC(=O)NC1=CC(C(=N)c2cc(S)ccc2N)=CCN1. The van der Waals surface area contributed by atoms with Gasteiger partial charge < -0.3 is 27.5 Å². The van der Waals surface area contributed by atoms with Gasteiger partial charge in [-0.3, -0.25) is 10.2 Å². The lowest BCUT2D eigenvalue weighted by atomic mass is 9.99. The molecule has 1 aliphatic heterocycles. The zero-order valence-electron chi connectivity index (χ0n) is 13.9. The smallest absolute Gasteiger partial charge is 0.231 e. The number of nitrogens with two attached hydrogens (primary N) is 2. The molecule has 0 saturated carbocycles. The number of rotatable bonds is 6. The fourth-order valence-corrected chi connectivity index (χ4v) is 2.44. The summed E-state index contributed by atoms with van der Waals surface area (Å²) in [5.41, 5.74) is 13.7. The van der Waals surface area contributed by atoms with E-state index in [2.05, 4.69) is 23.3 Å². The Morgan fingerprint density at radius 2 is 2.16 bits per heavy atom. The number of thiol groups is 1. The first-order chi connectivity index (χ1) is 11.8. The summed E-state index contributed by atoms with van der Waals surface area (Å²) in [5, 5.41) is 21.8. The maximum Gasteiger partial charge on any atom is 0.231 e. The van der Waals surface area contributed by atoms with Gasteiger partial charge >= 0.3 is 0 Å². The van der Waals surface area contributed by atoms with Gasteiger partial charge in [0.2, 0.25) is 5.91 Å². The molecule has 0 saturated heterocycles. The lowest BCUT2D eigenvalue weighted by Gasteiger charge is -2.19. The number of dihydropyridines is 1. The minimum absolute atomic E-state index is 0.0676. The predicted molar refractivity (Wildman–Crippen MR) is 103 cm³/mol. The first kappa shape index (κ1) is 18.8. The van der Waals surface area contributed by atoms with Crippen LogP contribution in [0.25, 0.3) is 0 Å². The molecular weight excluding hydrogens is 336 g/mol. The molecule has 0 aromatic heterocycles. The van der Waals surface area contributed by atoms with E-state index in [0.29, 0.717) is 29.2 Å². The first-order valence-electron chi connectivity index (χ1n) is 7.74. The molecule has 1 aromatic carbocycles. The number of carbonyl (C=O) groups excluding carboxylic acids is 1. The average molecular weight is 358 g/mol. The van der Waals surface area contributed by atoms with Crippen LogP contribution < -0.4 is 22.1 Å². The Morgan fingerprint density at radius 1 is 1.44 bits per heavy atom. The maximum atomic E-state index is 12.0. The fraction of sp³-hybridized carbons (Fsp3) is 0.235. The standard InChI is InChI=1S/C17H22N6OS/c1-9(18)14(20)8-16(24)23-15-6-10(4-5-22-15)17(21)12-7-11(25)2-3-13(12)19/h2-4,6-7,9,20-22,25H,5,8,18-19H2,1H3,(H,23,24). The fourth-order valence-electron chi connectivity index (χ4n) is 2.24. The van der Waals surface area contributed by atoms with Crippen molar-refractivity contribution in [1.82, 2.24) is 10.6 Å². The van der Waals surface area contributed by atoms with Gasteiger partial charge in [-0.15, -0.1) is 12.6 Å². The zero-order chi connectivity index (χ0) is 18.6. The van der Waals surface area contributed by atoms with Gasteiger partial charge in [0.15, 0.2) is 0 Å². The molecule has 132 valence electrons. The summed E-state index contributed by atoms with van der Waals surface area (Å²) in [6, 6.07) is 4.75. The van der Waals surface area contributed by atoms with E-state index in [9.17, 15) is 4.79 Å². The second-order valence-corrected chi connectivity index (χ2v) is 6.30. The number of hydrogen-bond acceptors (Lipinski definition) is 7. The van der Waals surface area contributed by atoms with Crippen LogP contribution >= 0.6 is 12.6 Å². The van der Waals surface area contributed by atoms with Gasteiger partial charge in [0.25, 0.3) is 0 Å². The van der Waals surface area contributed by atoms with E-state index in [1.807, 2.05) is 6.08 Å². The van der Waals surface area contributed by atoms with Crippen LogP contribution in [0.5, 0.6) is 0 Å². The topological polar surface area (TPSA) is 141 Å². The third kappa shape index (κ3) is 4.94. The number of benzene rings is 1. The van der Waals surface area contributed by atoms with E-state index < -0.39 is 6.04 Å². The van der Waals surface area contributed by atoms with Crippen molar-refractivity contribution in [3.05, 3.63) is 47.3 Å². The highest BCUT2D eigenvalue weighted by Crippen LogP contribution is 2.21. The van der Waals surface area contributed by atoms with Crippen LogP contribution in [-0.4, -0.2) is 29.9 Å². The molecule has 1 atom stereocenters. The van der Waals surface area contributed by atoms with Crippen molar-refractivity contribution in [2.24, 2.45) is 5.73 Å². The summed E-state index contributed by atoms with van der Waals surface area (Å²) in [7, 11) is 0. The molecule has 1 aliphatic rings. The number of anilines is 1. The number of allylic oxidation sites excluding steroid dienone is 2. The van der Waals surface area contributed by atoms with Crippen molar-refractivity contribution in [2.75, 3.05) is 12.3 Å². The Morgan fingerprint density at radius 3 is 2.84 bits per heavy atom. The lowest BCUT2D eigenvalue weighted by Crippen LogP contribution is -2.37. The average Bonchev–Trinajstić information content (AvgIpc) is 2.56. The quantitative estimate of drug-likeness (QED) is 0.233. The second-order valence-electron chi connectivity index (χ2n) is 5.78. The van der Waals surface area contributed by atoms with Gasteiger partial charge in [0, 0.05) is 40.0 Å². The van der Waals surface area contributed by atoms with E-state index >= 15 is 0 Å². The van der Waals surface area contributed by atoms with Crippen molar-refractivity contribution in [1.29, 1.82) is 10.8 Å². The minimum atomic E-state index is -0.459. The van der Waals surface area contributed by atoms with Crippen LogP contribution in [0.15, 0.2) is 46.6 Å². The Kier molecular flexibility index (Phi) is 6.00. The largest absolute Gasteiger partial charge is 0.398 e. The number of amides is 1. The molecule has 0 radical (unpaired) electrons. The minimum Gasteiger partial charge on any atom is -0.398 e. The van der Waals surface area contributed by atoms with Crippen LogP contribution in [-0.2, 0) is 4.79 Å². The highest BCUT2D eigenvalue weighted by Gasteiger charge is 2.16. The summed E-state index contributed by atoms with van der Waals surface area (Å²) >= 11 is 4.28. The van der Waals surface area contributed by atoms with E-state index in [1.165, 1.54) is 0 Å². The van der Waals surface area contributed by atoms with Crippen molar-refractivity contribution >= 4 is 35.6 Å². The maximum absolute atomic E-state index is 12.0. The monoisotopic (exact) mass is 358 g/mol. The third-order valence-electron chi connectivity index (χ3n) is 3.68. The van der Waals surface area contributed by atoms with Crippen molar-refractivity contribution in [3.8, 4) is 0 Å². The van der Waals surface area contributed by atoms with Gasteiger partial charge in [-0.25, -0.2) is 0 Å². The Balaban J connectivity index is 2.12. The second kappa shape index (κ2) is 8.00. The molecule has 25 heavy (non-hydrogen) atoms. The molecule has 7 nitrogen and oxygen atoms in total. The summed E-state index contributed by atoms with van der Waals surface area (Å²) < 4.78 is 0. The van der Waals surface area contributed by atoms with Crippen LogP contribution in [0.3, 0.4) is 0 Å². The lowest BCUT2D eigenvalue weighted by molar-refractivity contribution is -0.119. The van der Waals surface area contributed by atoms with Gasteiger partial charge in [0.1, 0.15) is 5.82 Å². The van der Waals surface area contributed by atoms with Crippen molar-refractivity contribution < 1.29 is 4.79 Å². The number of nitrogens with one attached hydrogen (secondary N) is 4. The molecule has 0 spiro atoms. The number of nitrogen functional groups attached to an aromatic ring is 1. The van der Waals surface area contributed by atoms with Gasteiger partial charge in [0.05, 0.1) is 12.1 Å².